The molecule has 108 valence electrons. The van der Waals surface area contributed by atoms with Gasteiger partial charge in [-0.25, -0.2) is 0 Å². The van der Waals surface area contributed by atoms with Crippen LogP contribution < -0.4 is 15.5 Å². The lowest BCUT2D eigenvalue weighted by molar-refractivity contribution is -0.117. The van der Waals surface area contributed by atoms with Crippen LogP contribution in [0.5, 0.6) is 0 Å². The first kappa shape index (κ1) is 13.4. The fourth-order valence-electron chi connectivity index (χ4n) is 3.12. The second-order valence-electron chi connectivity index (χ2n) is 5.69. The van der Waals surface area contributed by atoms with Gasteiger partial charge in [-0.3, -0.25) is 4.79 Å². The topological polar surface area (TPSA) is 44.4 Å². The Morgan fingerprint density at radius 1 is 1.15 bits per heavy atom. The molecule has 2 saturated heterocycles. The zero-order valence-corrected chi connectivity index (χ0v) is 11.9. The Labute approximate surface area is 120 Å². The number of amides is 1. The van der Waals surface area contributed by atoms with Gasteiger partial charge in [0.05, 0.1) is 11.4 Å². The molecule has 2 aliphatic heterocycles. The molecule has 2 N–H and O–H groups in total. The SMILES string of the molecule is O=C1CCCN1c1ccccc1NC1CCCNCC1. The van der Waals surface area contributed by atoms with Crippen LogP contribution in [-0.2, 0) is 4.79 Å². The second-order valence-corrected chi connectivity index (χ2v) is 5.69. The van der Waals surface area contributed by atoms with Gasteiger partial charge in [0.25, 0.3) is 0 Å². The molecular weight excluding hydrogens is 250 g/mol. The summed E-state index contributed by atoms with van der Waals surface area (Å²) in [6, 6.07) is 8.71. The summed E-state index contributed by atoms with van der Waals surface area (Å²) in [4.78, 5) is 13.9. The predicted molar refractivity (Wildman–Crippen MR) is 82.2 cm³/mol. The molecule has 3 rings (SSSR count). The van der Waals surface area contributed by atoms with Crippen LogP contribution >= 0.6 is 0 Å². The average Bonchev–Trinajstić information content (AvgIpc) is 2.73. The quantitative estimate of drug-likeness (QED) is 0.888. The van der Waals surface area contributed by atoms with Gasteiger partial charge in [-0.05, 0) is 50.9 Å². The molecule has 2 aliphatic rings. The van der Waals surface area contributed by atoms with Crippen molar-refractivity contribution in [3.05, 3.63) is 24.3 Å². The zero-order chi connectivity index (χ0) is 13.8. The number of nitrogens with one attached hydrogen (secondary N) is 2. The summed E-state index contributed by atoms with van der Waals surface area (Å²) in [5.41, 5.74) is 2.15. The third-order valence-corrected chi connectivity index (χ3v) is 4.20. The molecule has 1 atom stereocenters. The maximum atomic E-state index is 12.0. The van der Waals surface area contributed by atoms with Crippen molar-refractivity contribution in [1.29, 1.82) is 0 Å². The van der Waals surface area contributed by atoms with Crippen molar-refractivity contribution in [2.75, 3.05) is 29.9 Å². The number of rotatable bonds is 3. The molecule has 0 bridgehead atoms. The number of para-hydroxylation sites is 2. The van der Waals surface area contributed by atoms with Crippen LogP contribution in [0.15, 0.2) is 24.3 Å². The summed E-state index contributed by atoms with van der Waals surface area (Å²) < 4.78 is 0. The third kappa shape index (κ3) is 2.96. The average molecular weight is 273 g/mol. The molecule has 0 saturated carbocycles. The van der Waals surface area contributed by atoms with E-state index in [-0.39, 0.29) is 5.91 Å². The summed E-state index contributed by atoms with van der Waals surface area (Å²) in [5.74, 6) is 0.252. The minimum atomic E-state index is 0.252. The van der Waals surface area contributed by atoms with E-state index < -0.39 is 0 Å². The van der Waals surface area contributed by atoms with E-state index in [4.69, 9.17) is 0 Å². The van der Waals surface area contributed by atoms with E-state index in [1.54, 1.807) is 0 Å². The van der Waals surface area contributed by atoms with E-state index >= 15 is 0 Å². The predicted octanol–water partition coefficient (Wildman–Crippen LogP) is 2.37. The zero-order valence-electron chi connectivity index (χ0n) is 11.9. The van der Waals surface area contributed by atoms with E-state index in [1.807, 2.05) is 17.0 Å². The highest BCUT2D eigenvalue weighted by molar-refractivity contribution is 5.98. The van der Waals surface area contributed by atoms with Crippen LogP contribution in [-0.4, -0.2) is 31.6 Å². The van der Waals surface area contributed by atoms with Crippen LogP contribution in [0.1, 0.15) is 32.1 Å². The largest absolute Gasteiger partial charge is 0.381 e. The molecule has 2 fully saturated rings. The van der Waals surface area contributed by atoms with Gasteiger partial charge in [0.15, 0.2) is 0 Å². The summed E-state index contributed by atoms with van der Waals surface area (Å²) >= 11 is 0. The summed E-state index contributed by atoms with van der Waals surface area (Å²) in [6.45, 7) is 3.04. The Morgan fingerprint density at radius 3 is 2.90 bits per heavy atom. The van der Waals surface area contributed by atoms with E-state index in [0.717, 1.165) is 43.9 Å². The Bertz CT molecular complexity index is 467. The van der Waals surface area contributed by atoms with Crippen LogP contribution in [0, 0.1) is 0 Å². The molecule has 0 aromatic heterocycles. The molecular formula is C16H23N3O. The standard InChI is InChI=1S/C16H23N3O/c20-16-8-4-12-19(16)15-7-2-1-6-14(15)18-13-5-3-10-17-11-9-13/h1-2,6-7,13,17-18H,3-5,8-12H2. The maximum absolute atomic E-state index is 12.0. The highest BCUT2D eigenvalue weighted by atomic mass is 16.2. The number of hydrogen-bond acceptors (Lipinski definition) is 3. The van der Waals surface area contributed by atoms with Crippen LogP contribution in [0.4, 0.5) is 11.4 Å². The minimum Gasteiger partial charge on any atom is -0.381 e. The van der Waals surface area contributed by atoms with Crippen LogP contribution in [0.2, 0.25) is 0 Å². The summed E-state index contributed by atoms with van der Waals surface area (Å²) in [6.07, 6.45) is 5.20. The van der Waals surface area contributed by atoms with Crippen molar-refractivity contribution in [2.45, 2.75) is 38.1 Å². The van der Waals surface area contributed by atoms with Crippen molar-refractivity contribution in [3.63, 3.8) is 0 Å². The van der Waals surface area contributed by atoms with Gasteiger partial charge >= 0.3 is 0 Å². The molecule has 1 aromatic rings. The molecule has 2 heterocycles. The number of benzene rings is 1. The molecule has 1 amide bonds. The molecule has 1 unspecified atom stereocenters. The van der Waals surface area contributed by atoms with E-state index in [1.165, 1.54) is 12.8 Å². The Balaban J connectivity index is 1.76. The summed E-state index contributed by atoms with van der Waals surface area (Å²) in [5, 5.41) is 7.09. The number of hydrogen-bond donors (Lipinski definition) is 2. The lowest BCUT2D eigenvalue weighted by Gasteiger charge is -2.24. The van der Waals surface area contributed by atoms with Gasteiger partial charge in [-0.15, -0.1) is 0 Å². The van der Waals surface area contributed by atoms with Crippen molar-refractivity contribution in [2.24, 2.45) is 0 Å². The van der Waals surface area contributed by atoms with Gasteiger partial charge in [-0.1, -0.05) is 12.1 Å². The first-order valence-electron chi connectivity index (χ1n) is 7.71. The van der Waals surface area contributed by atoms with E-state index in [9.17, 15) is 4.79 Å². The Hall–Kier alpha value is -1.55. The third-order valence-electron chi connectivity index (χ3n) is 4.20. The van der Waals surface area contributed by atoms with Gasteiger partial charge in [-0.2, -0.15) is 0 Å². The van der Waals surface area contributed by atoms with E-state index in [0.29, 0.717) is 12.5 Å². The van der Waals surface area contributed by atoms with Gasteiger partial charge in [0.2, 0.25) is 5.91 Å². The van der Waals surface area contributed by atoms with Gasteiger partial charge < -0.3 is 15.5 Å². The number of anilines is 2. The molecule has 0 radical (unpaired) electrons. The Morgan fingerprint density at radius 2 is 2.05 bits per heavy atom. The molecule has 0 aliphatic carbocycles. The van der Waals surface area contributed by atoms with Crippen molar-refractivity contribution >= 4 is 17.3 Å². The fraction of sp³-hybridized carbons (Fsp3) is 0.562. The lowest BCUT2D eigenvalue weighted by Crippen LogP contribution is -2.27. The van der Waals surface area contributed by atoms with Crippen molar-refractivity contribution in [1.82, 2.24) is 5.32 Å². The smallest absolute Gasteiger partial charge is 0.227 e. The minimum absolute atomic E-state index is 0.252. The molecule has 20 heavy (non-hydrogen) atoms. The molecule has 0 spiro atoms. The molecule has 4 heteroatoms. The van der Waals surface area contributed by atoms with Crippen LogP contribution in [0.3, 0.4) is 0 Å². The van der Waals surface area contributed by atoms with Gasteiger partial charge in [0, 0.05) is 19.0 Å². The highest BCUT2D eigenvalue weighted by Gasteiger charge is 2.24. The number of nitrogens with zero attached hydrogens (tertiary/aromatic N) is 1. The first-order chi connectivity index (χ1) is 9.84. The second kappa shape index (κ2) is 6.27. The normalized spacial score (nSPS) is 23.7. The van der Waals surface area contributed by atoms with Crippen molar-refractivity contribution in [3.8, 4) is 0 Å². The van der Waals surface area contributed by atoms with Gasteiger partial charge in [0.1, 0.15) is 0 Å². The fourth-order valence-corrected chi connectivity index (χ4v) is 3.12. The molecule has 4 nitrogen and oxygen atoms in total. The number of carbonyl (C=O) groups excluding carboxylic acids is 1. The van der Waals surface area contributed by atoms with Crippen molar-refractivity contribution < 1.29 is 4.79 Å². The number of carbonyl (C=O) groups is 1. The Kier molecular flexibility index (Phi) is 4.21. The van der Waals surface area contributed by atoms with E-state index in [2.05, 4.69) is 22.8 Å². The molecule has 1 aromatic carbocycles. The highest BCUT2D eigenvalue weighted by Crippen LogP contribution is 2.30. The first-order valence-corrected chi connectivity index (χ1v) is 7.71. The monoisotopic (exact) mass is 273 g/mol. The summed E-state index contributed by atoms with van der Waals surface area (Å²) in [7, 11) is 0. The lowest BCUT2D eigenvalue weighted by atomic mass is 10.1. The maximum Gasteiger partial charge on any atom is 0.227 e. The van der Waals surface area contributed by atoms with Crippen LogP contribution in [0.25, 0.3) is 0 Å².